The van der Waals surface area contributed by atoms with Crippen LogP contribution in [-0.2, 0) is 20.9 Å². The molecule has 0 saturated heterocycles. The maximum Gasteiger partial charge on any atom is 0.315 e. The third-order valence-electron chi connectivity index (χ3n) is 6.79. The summed E-state index contributed by atoms with van der Waals surface area (Å²) in [5, 5.41) is 2.12. The predicted molar refractivity (Wildman–Crippen MR) is 132 cm³/mol. The number of fused-ring (bicyclic) bond motifs is 1. The fourth-order valence-electron chi connectivity index (χ4n) is 5.14. The van der Waals surface area contributed by atoms with Crippen molar-refractivity contribution >= 4 is 28.2 Å². The third kappa shape index (κ3) is 4.03. The summed E-state index contributed by atoms with van der Waals surface area (Å²) >= 11 is 0. The largest absolute Gasteiger partial charge is 0.497 e. The summed E-state index contributed by atoms with van der Waals surface area (Å²) < 4.78 is 11.0. The van der Waals surface area contributed by atoms with Gasteiger partial charge in [0.25, 0.3) is 0 Å². The summed E-state index contributed by atoms with van der Waals surface area (Å²) in [6.07, 6.45) is 2.04. The Morgan fingerprint density at radius 3 is 2.56 bits per heavy atom. The van der Waals surface area contributed by atoms with Gasteiger partial charge < -0.3 is 9.47 Å². The number of Topliss-reactive ketones (excluding diaryl/α,β-unsaturated/α-hetero) is 1. The molecule has 0 aromatic heterocycles. The minimum atomic E-state index is -0.648. The van der Waals surface area contributed by atoms with Gasteiger partial charge in [-0.15, -0.1) is 0 Å². The van der Waals surface area contributed by atoms with Gasteiger partial charge in [-0.3, -0.25) is 14.6 Å². The van der Waals surface area contributed by atoms with Crippen molar-refractivity contribution in [2.75, 3.05) is 7.11 Å². The molecular weight excluding hydrogens is 426 g/mol. The van der Waals surface area contributed by atoms with Crippen LogP contribution in [0, 0.1) is 5.92 Å². The van der Waals surface area contributed by atoms with Gasteiger partial charge in [-0.1, -0.05) is 54.6 Å². The molecule has 0 radical (unpaired) electrons. The van der Waals surface area contributed by atoms with E-state index in [9.17, 15) is 9.59 Å². The van der Waals surface area contributed by atoms with E-state index in [0.717, 1.165) is 46.2 Å². The zero-order valence-electron chi connectivity index (χ0n) is 19.4. The molecule has 5 heteroatoms. The van der Waals surface area contributed by atoms with Crippen LogP contribution < -0.4 is 4.74 Å². The highest BCUT2D eigenvalue weighted by molar-refractivity contribution is 6.09. The van der Waals surface area contributed by atoms with Crippen molar-refractivity contribution in [1.82, 2.24) is 0 Å². The molecule has 3 aromatic rings. The molecule has 0 N–H and O–H groups in total. The highest BCUT2D eigenvalue weighted by atomic mass is 16.5. The van der Waals surface area contributed by atoms with Crippen LogP contribution in [0.25, 0.3) is 10.8 Å². The average molecular weight is 454 g/mol. The van der Waals surface area contributed by atoms with Gasteiger partial charge in [-0.2, -0.15) is 0 Å². The Bertz CT molecular complexity index is 1310. The maximum atomic E-state index is 13.5. The summed E-state index contributed by atoms with van der Waals surface area (Å²) in [6.45, 7) is 2.02. The molecule has 172 valence electrons. The number of ketones is 1. The van der Waals surface area contributed by atoms with Crippen molar-refractivity contribution in [3.63, 3.8) is 0 Å². The monoisotopic (exact) mass is 453 g/mol. The van der Waals surface area contributed by atoms with Crippen molar-refractivity contribution in [3.05, 3.63) is 89.1 Å². The molecule has 1 unspecified atom stereocenters. The van der Waals surface area contributed by atoms with E-state index in [0.29, 0.717) is 17.7 Å². The van der Waals surface area contributed by atoms with E-state index in [4.69, 9.17) is 14.5 Å². The van der Waals surface area contributed by atoms with Gasteiger partial charge in [0.15, 0.2) is 5.78 Å². The van der Waals surface area contributed by atoms with Crippen molar-refractivity contribution in [2.24, 2.45) is 10.9 Å². The van der Waals surface area contributed by atoms with Crippen LogP contribution >= 0.6 is 0 Å². The first-order chi connectivity index (χ1) is 16.6. The van der Waals surface area contributed by atoms with Gasteiger partial charge >= 0.3 is 5.97 Å². The number of allylic oxidation sites excluding steroid dienone is 2. The van der Waals surface area contributed by atoms with E-state index in [1.54, 1.807) is 7.11 Å². The number of carbonyl (C=O) groups excluding carboxylic acids is 2. The Hall–Kier alpha value is -3.73. The molecule has 0 amide bonds. The van der Waals surface area contributed by atoms with Gasteiger partial charge in [0, 0.05) is 29.3 Å². The first-order valence-corrected chi connectivity index (χ1v) is 11.7. The second-order valence-corrected chi connectivity index (χ2v) is 8.87. The molecule has 5 rings (SSSR count). The van der Waals surface area contributed by atoms with Crippen molar-refractivity contribution < 1.29 is 19.1 Å². The lowest BCUT2D eigenvalue weighted by Gasteiger charge is -2.35. The maximum absolute atomic E-state index is 13.5. The minimum absolute atomic E-state index is 0.0865. The van der Waals surface area contributed by atoms with E-state index in [-0.39, 0.29) is 18.4 Å². The van der Waals surface area contributed by atoms with Crippen LogP contribution in [0.4, 0.5) is 0 Å². The van der Waals surface area contributed by atoms with Crippen LogP contribution in [0.15, 0.2) is 83.0 Å². The molecule has 0 spiro atoms. The first kappa shape index (κ1) is 22.1. The molecule has 2 aliphatic rings. The number of ether oxygens (including phenoxy) is 2. The van der Waals surface area contributed by atoms with Crippen LogP contribution in [-0.4, -0.2) is 24.6 Å². The SMILES string of the molecule is COc1ccc(COC(=O)C2C(C)=NC3=C(C(=O)CCC3)[C@H]2c2cccc3ccccc23)cc1. The number of hydrogen-bond acceptors (Lipinski definition) is 5. The number of nitrogens with zero attached hydrogens (tertiary/aromatic N) is 1. The van der Waals surface area contributed by atoms with Crippen LogP contribution in [0.3, 0.4) is 0 Å². The fourth-order valence-corrected chi connectivity index (χ4v) is 5.14. The number of rotatable bonds is 5. The third-order valence-corrected chi connectivity index (χ3v) is 6.79. The number of hydrogen-bond donors (Lipinski definition) is 0. The van der Waals surface area contributed by atoms with Crippen LogP contribution in [0.5, 0.6) is 5.75 Å². The molecule has 1 heterocycles. The van der Waals surface area contributed by atoms with E-state index in [2.05, 4.69) is 18.2 Å². The minimum Gasteiger partial charge on any atom is -0.497 e. The van der Waals surface area contributed by atoms with Gasteiger partial charge in [0.1, 0.15) is 18.3 Å². The van der Waals surface area contributed by atoms with Gasteiger partial charge in [0.05, 0.1) is 7.11 Å². The van der Waals surface area contributed by atoms with E-state index in [1.807, 2.05) is 55.5 Å². The number of benzene rings is 3. The lowest BCUT2D eigenvalue weighted by molar-refractivity contribution is -0.147. The Morgan fingerprint density at radius 2 is 1.76 bits per heavy atom. The van der Waals surface area contributed by atoms with Crippen molar-refractivity contribution in [2.45, 2.75) is 38.7 Å². The second-order valence-electron chi connectivity index (χ2n) is 8.87. The standard InChI is InChI=1S/C29H27NO4/c1-18-26(29(32)34-17-19-13-15-21(33-2)16-14-19)27(28-24(30-18)11-6-12-25(28)31)23-10-5-8-20-7-3-4-9-22(20)23/h3-5,7-10,13-16,26-27H,6,11-12,17H2,1-2H3/t26?,27-/m0/s1. The quantitative estimate of drug-likeness (QED) is 0.460. The number of aliphatic imine (C=N–C) groups is 1. The zero-order chi connectivity index (χ0) is 23.7. The molecule has 0 fully saturated rings. The lowest BCUT2D eigenvalue weighted by atomic mass is 9.71. The van der Waals surface area contributed by atoms with E-state index < -0.39 is 11.8 Å². The first-order valence-electron chi connectivity index (χ1n) is 11.7. The highest BCUT2D eigenvalue weighted by Gasteiger charge is 2.43. The summed E-state index contributed by atoms with van der Waals surface area (Å²) in [4.78, 5) is 31.5. The molecule has 5 nitrogen and oxygen atoms in total. The predicted octanol–water partition coefficient (Wildman–Crippen LogP) is 5.77. The Labute approximate surface area is 199 Å². The average Bonchev–Trinajstić information content (AvgIpc) is 2.86. The summed E-state index contributed by atoms with van der Waals surface area (Å²) in [7, 11) is 1.61. The molecule has 2 atom stereocenters. The summed E-state index contributed by atoms with van der Waals surface area (Å²) in [6, 6.07) is 21.6. The van der Waals surface area contributed by atoms with Crippen LogP contribution in [0.1, 0.15) is 43.2 Å². The summed E-state index contributed by atoms with van der Waals surface area (Å²) in [5.74, 6) is -0.584. The Morgan fingerprint density at radius 1 is 1.00 bits per heavy atom. The second kappa shape index (κ2) is 9.26. The Kier molecular flexibility index (Phi) is 6.01. The molecular formula is C29H27NO4. The van der Waals surface area contributed by atoms with Gasteiger partial charge in [-0.25, -0.2) is 0 Å². The smallest absolute Gasteiger partial charge is 0.315 e. The molecule has 1 aliphatic heterocycles. The molecule has 34 heavy (non-hydrogen) atoms. The number of esters is 1. The molecule has 3 aromatic carbocycles. The van der Waals surface area contributed by atoms with Crippen LogP contribution in [0.2, 0.25) is 0 Å². The normalized spacial score (nSPS) is 20.1. The zero-order valence-corrected chi connectivity index (χ0v) is 19.4. The molecule has 0 bridgehead atoms. The van der Waals surface area contributed by atoms with Gasteiger partial charge in [0.2, 0.25) is 0 Å². The topological polar surface area (TPSA) is 65.0 Å². The fraction of sp³-hybridized carbons (Fsp3) is 0.276. The highest BCUT2D eigenvalue weighted by Crippen LogP contribution is 2.45. The summed E-state index contributed by atoms with van der Waals surface area (Å²) in [5.41, 5.74) is 4.05. The molecule has 1 aliphatic carbocycles. The van der Waals surface area contributed by atoms with Gasteiger partial charge in [-0.05, 0) is 53.8 Å². The van der Waals surface area contributed by atoms with E-state index >= 15 is 0 Å². The van der Waals surface area contributed by atoms with Crippen molar-refractivity contribution in [1.29, 1.82) is 0 Å². The van der Waals surface area contributed by atoms with E-state index in [1.165, 1.54) is 0 Å². The van der Waals surface area contributed by atoms with Crippen molar-refractivity contribution in [3.8, 4) is 5.75 Å². The number of methoxy groups -OCH3 is 1. The molecule has 0 saturated carbocycles. The number of carbonyl (C=O) groups is 2. The Balaban J connectivity index is 1.54. The lowest BCUT2D eigenvalue weighted by Crippen LogP contribution is -2.37.